The van der Waals surface area contributed by atoms with Crippen molar-refractivity contribution in [2.75, 3.05) is 18.9 Å². The topological polar surface area (TPSA) is 57.6 Å². The molecule has 1 aliphatic rings. The third-order valence-electron chi connectivity index (χ3n) is 3.05. The lowest BCUT2D eigenvalue weighted by molar-refractivity contribution is 0.305. The molecule has 0 aliphatic carbocycles. The zero-order valence-electron chi connectivity index (χ0n) is 11.0. The quantitative estimate of drug-likeness (QED) is 0.850. The molecule has 0 unspecified atom stereocenters. The number of sulfonamides is 1. The van der Waals surface area contributed by atoms with Crippen molar-refractivity contribution < 1.29 is 17.9 Å². The van der Waals surface area contributed by atoms with Crippen molar-refractivity contribution in [2.45, 2.75) is 19.4 Å². The van der Waals surface area contributed by atoms with E-state index in [0.717, 1.165) is 0 Å². The molecule has 20 heavy (non-hydrogen) atoms. The van der Waals surface area contributed by atoms with Crippen LogP contribution in [-0.4, -0.2) is 36.7 Å². The summed E-state index contributed by atoms with van der Waals surface area (Å²) in [6.45, 7) is 0.683. The molecule has 1 aliphatic heterocycles. The van der Waals surface area contributed by atoms with Crippen molar-refractivity contribution in [1.82, 2.24) is 4.31 Å². The van der Waals surface area contributed by atoms with Gasteiger partial charge in [-0.15, -0.1) is 0 Å². The number of rotatable bonds is 3. The summed E-state index contributed by atoms with van der Waals surface area (Å²) in [6.07, 6.45) is 0.914. The van der Waals surface area contributed by atoms with Crippen LogP contribution in [0.15, 0.2) is 18.2 Å². The molecule has 108 valence electrons. The van der Waals surface area contributed by atoms with Gasteiger partial charge in [0.05, 0.1) is 17.9 Å². The van der Waals surface area contributed by atoms with Crippen LogP contribution in [0.3, 0.4) is 0 Å². The lowest BCUT2D eigenvalue weighted by Gasteiger charge is -2.14. The first kappa shape index (κ1) is 15.0. The predicted octanol–water partition coefficient (Wildman–Crippen LogP) is 1.10. The van der Waals surface area contributed by atoms with Gasteiger partial charge in [-0.1, -0.05) is 17.9 Å². The molecule has 1 heterocycles. The Bertz CT molecular complexity index is 646. The van der Waals surface area contributed by atoms with Crippen molar-refractivity contribution in [3.05, 3.63) is 35.1 Å². The van der Waals surface area contributed by atoms with Crippen LogP contribution in [0.5, 0.6) is 0 Å². The van der Waals surface area contributed by atoms with Crippen LogP contribution in [0.25, 0.3) is 0 Å². The van der Waals surface area contributed by atoms with Gasteiger partial charge in [0.1, 0.15) is 5.82 Å². The van der Waals surface area contributed by atoms with Crippen LogP contribution in [0, 0.1) is 17.7 Å². The van der Waals surface area contributed by atoms with Crippen LogP contribution >= 0.6 is 0 Å². The minimum Gasteiger partial charge on any atom is -0.395 e. The van der Waals surface area contributed by atoms with E-state index in [1.54, 1.807) is 12.1 Å². The van der Waals surface area contributed by atoms with Gasteiger partial charge in [-0.3, -0.25) is 0 Å². The van der Waals surface area contributed by atoms with E-state index < -0.39 is 15.8 Å². The van der Waals surface area contributed by atoms with E-state index in [0.29, 0.717) is 18.5 Å². The van der Waals surface area contributed by atoms with Gasteiger partial charge in [0.25, 0.3) is 0 Å². The molecule has 1 fully saturated rings. The molecule has 1 aromatic rings. The van der Waals surface area contributed by atoms with E-state index in [2.05, 4.69) is 11.8 Å². The van der Waals surface area contributed by atoms with Gasteiger partial charge in [-0.2, -0.15) is 4.31 Å². The highest BCUT2D eigenvalue weighted by molar-refractivity contribution is 7.89. The third-order valence-corrected chi connectivity index (χ3v) is 4.96. The standard InChI is InChI=1S/C14H16FNO3S/c15-14-6-5-12(10-13(14)4-1-2-8-17)11-16-7-3-9-20(16,18)19/h5-6,10,17H,2-3,7-9,11H2. The lowest BCUT2D eigenvalue weighted by Crippen LogP contribution is -2.25. The predicted molar refractivity (Wildman–Crippen MR) is 73.8 cm³/mol. The summed E-state index contributed by atoms with van der Waals surface area (Å²) in [7, 11) is -3.16. The minimum atomic E-state index is -3.16. The second kappa shape index (κ2) is 6.35. The maximum atomic E-state index is 13.6. The van der Waals surface area contributed by atoms with Crippen molar-refractivity contribution in [2.24, 2.45) is 0 Å². The first-order chi connectivity index (χ1) is 9.53. The van der Waals surface area contributed by atoms with E-state index >= 15 is 0 Å². The maximum absolute atomic E-state index is 13.6. The second-order valence-electron chi connectivity index (χ2n) is 4.59. The van der Waals surface area contributed by atoms with E-state index in [9.17, 15) is 12.8 Å². The fraction of sp³-hybridized carbons (Fsp3) is 0.429. The van der Waals surface area contributed by atoms with Crippen LogP contribution in [-0.2, 0) is 16.6 Å². The first-order valence-corrected chi connectivity index (χ1v) is 8.00. The molecule has 4 nitrogen and oxygen atoms in total. The van der Waals surface area contributed by atoms with Crippen molar-refractivity contribution in [1.29, 1.82) is 0 Å². The normalized spacial score (nSPS) is 17.7. The Hall–Kier alpha value is -1.42. The summed E-state index contributed by atoms with van der Waals surface area (Å²) in [5, 5.41) is 8.65. The Morgan fingerprint density at radius 3 is 2.85 bits per heavy atom. The van der Waals surface area contributed by atoms with Crippen molar-refractivity contribution >= 4 is 10.0 Å². The van der Waals surface area contributed by atoms with Gasteiger partial charge in [0.15, 0.2) is 0 Å². The van der Waals surface area contributed by atoms with Gasteiger partial charge in [-0.05, 0) is 24.1 Å². The molecule has 2 rings (SSSR count). The molecule has 1 aromatic carbocycles. The molecule has 0 radical (unpaired) electrons. The number of aliphatic hydroxyl groups excluding tert-OH is 1. The lowest BCUT2D eigenvalue weighted by atomic mass is 10.1. The van der Waals surface area contributed by atoms with Gasteiger partial charge in [0.2, 0.25) is 10.0 Å². The molecule has 0 spiro atoms. The van der Waals surface area contributed by atoms with E-state index in [1.807, 2.05) is 0 Å². The smallest absolute Gasteiger partial charge is 0.214 e. The molecular formula is C14H16FNO3S. The summed E-state index contributed by atoms with van der Waals surface area (Å²) < 4.78 is 38.4. The van der Waals surface area contributed by atoms with Crippen LogP contribution in [0.2, 0.25) is 0 Å². The number of benzene rings is 1. The van der Waals surface area contributed by atoms with Crippen LogP contribution in [0.1, 0.15) is 24.0 Å². The van der Waals surface area contributed by atoms with Crippen molar-refractivity contribution in [3.8, 4) is 11.8 Å². The van der Waals surface area contributed by atoms with Gasteiger partial charge in [-0.25, -0.2) is 12.8 Å². The zero-order valence-corrected chi connectivity index (χ0v) is 11.8. The molecule has 0 saturated carbocycles. The van der Waals surface area contributed by atoms with E-state index in [4.69, 9.17) is 5.11 Å². The monoisotopic (exact) mass is 297 g/mol. The summed E-state index contributed by atoms with van der Waals surface area (Å²) >= 11 is 0. The Kier molecular flexibility index (Phi) is 4.76. The van der Waals surface area contributed by atoms with Gasteiger partial charge in [0, 0.05) is 19.5 Å². The molecule has 6 heteroatoms. The molecule has 1 N–H and O–H groups in total. The SMILES string of the molecule is O=S1(=O)CCCN1Cc1ccc(F)c(C#CCCO)c1. The fourth-order valence-corrected chi connectivity index (χ4v) is 3.56. The molecule has 1 saturated heterocycles. The second-order valence-corrected chi connectivity index (χ2v) is 6.68. The Balaban J connectivity index is 2.18. The number of nitrogens with zero attached hydrogens (tertiary/aromatic N) is 1. The molecule has 0 amide bonds. The third kappa shape index (κ3) is 3.57. The Morgan fingerprint density at radius 1 is 1.40 bits per heavy atom. The maximum Gasteiger partial charge on any atom is 0.214 e. The first-order valence-electron chi connectivity index (χ1n) is 6.39. The molecule has 0 atom stereocenters. The van der Waals surface area contributed by atoms with E-state index in [1.165, 1.54) is 10.4 Å². The van der Waals surface area contributed by atoms with Gasteiger partial charge < -0.3 is 5.11 Å². The number of hydrogen-bond acceptors (Lipinski definition) is 3. The Morgan fingerprint density at radius 2 is 2.20 bits per heavy atom. The fourth-order valence-electron chi connectivity index (χ4n) is 2.05. The highest BCUT2D eigenvalue weighted by atomic mass is 32.2. The highest BCUT2D eigenvalue weighted by Gasteiger charge is 2.28. The summed E-state index contributed by atoms with van der Waals surface area (Å²) in [6, 6.07) is 4.43. The molecular weight excluding hydrogens is 281 g/mol. The Labute approximate surface area is 118 Å². The average Bonchev–Trinajstić information content (AvgIpc) is 2.73. The van der Waals surface area contributed by atoms with E-state index in [-0.39, 0.29) is 30.9 Å². The average molecular weight is 297 g/mol. The molecule has 0 bridgehead atoms. The van der Waals surface area contributed by atoms with Crippen LogP contribution in [0.4, 0.5) is 4.39 Å². The molecule has 0 aromatic heterocycles. The van der Waals surface area contributed by atoms with Gasteiger partial charge >= 0.3 is 0 Å². The largest absolute Gasteiger partial charge is 0.395 e. The zero-order chi connectivity index (χ0) is 14.6. The highest BCUT2D eigenvalue weighted by Crippen LogP contribution is 2.18. The summed E-state index contributed by atoms with van der Waals surface area (Å²) in [5.74, 6) is 5.04. The summed E-state index contributed by atoms with van der Waals surface area (Å²) in [4.78, 5) is 0. The summed E-state index contributed by atoms with van der Waals surface area (Å²) in [5.41, 5.74) is 0.942. The number of hydrogen-bond donors (Lipinski definition) is 1. The number of halogens is 1. The van der Waals surface area contributed by atoms with Crippen molar-refractivity contribution in [3.63, 3.8) is 0 Å². The van der Waals surface area contributed by atoms with Crippen LogP contribution < -0.4 is 0 Å². The number of aliphatic hydroxyl groups is 1. The minimum absolute atomic E-state index is 0.0691.